The minimum absolute atomic E-state index is 0.0647. The van der Waals surface area contributed by atoms with E-state index in [1.165, 1.54) is 12.4 Å². The van der Waals surface area contributed by atoms with Crippen LogP contribution in [0.25, 0.3) is 0 Å². The van der Waals surface area contributed by atoms with Gasteiger partial charge in [-0.05, 0) is 48.7 Å². The first kappa shape index (κ1) is 22.4. The van der Waals surface area contributed by atoms with Crippen molar-refractivity contribution in [1.82, 2.24) is 25.5 Å². The van der Waals surface area contributed by atoms with Gasteiger partial charge in [-0.3, -0.25) is 4.79 Å². The molecule has 1 fully saturated rings. The van der Waals surface area contributed by atoms with E-state index in [0.29, 0.717) is 48.9 Å². The van der Waals surface area contributed by atoms with Crippen molar-refractivity contribution >= 4 is 23.4 Å². The number of benzene rings is 1. The number of aromatic nitrogens is 4. The maximum atomic E-state index is 12.8. The van der Waals surface area contributed by atoms with E-state index < -0.39 is 11.7 Å². The molecule has 1 aliphatic rings. The number of halogens is 3. The second kappa shape index (κ2) is 9.80. The van der Waals surface area contributed by atoms with Gasteiger partial charge in [0.25, 0.3) is 0 Å². The first-order valence-corrected chi connectivity index (χ1v) is 10.4. The van der Waals surface area contributed by atoms with E-state index in [9.17, 15) is 18.0 Å². The molecule has 172 valence electrons. The Hall–Kier alpha value is -3.76. The van der Waals surface area contributed by atoms with Crippen molar-refractivity contribution in [1.29, 1.82) is 0 Å². The van der Waals surface area contributed by atoms with Gasteiger partial charge >= 0.3 is 6.18 Å². The fourth-order valence-electron chi connectivity index (χ4n) is 3.62. The Kier molecular flexibility index (Phi) is 6.66. The molecule has 1 saturated heterocycles. The maximum absolute atomic E-state index is 12.8. The first-order valence-electron chi connectivity index (χ1n) is 10.4. The highest BCUT2D eigenvalue weighted by Crippen LogP contribution is 2.29. The third-order valence-electron chi connectivity index (χ3n) is 5.40. The van der Waals surface area contributed by atoms with Gasteiger partial charge in [0.1, 0.15) is 12.1 Å². The Bertz CT molecular complexity index is 1070. The monoisotopic (exact) mass is 457 g/mol. The molecule has 0 saturated carbocycles. The van der Waals surface area contributed by atoms with Gasteiger partial charge in [0, 0.05) is 31.7 Å². The zero-order valence-corrected chi connectivity index (χ0v) is 17.6. The molecule has 0 radical (unpaired) electrons. The number of hydrogen-bond donors (Lipinski definition) is 2. The number of alkyl halides is 3. The molecule has 11 heteroatoms. The van der Waals surface area contributed by atoms with Crippen LogP contribution in [0.3, 0.4) is 0 Å². The van der Waals surface area contributed by atoms with Crippen molar-refractivity contribution in [3.05, 3.63) is 66.1 Å². The first-order chi connectivity index (χ1) is 15.9. The van der Waals surface area contributed by atoms with Crippen molar-refractivity contribution in [3.63, 3.8) is 0 Å². The SMILES string of the molecule is O=C(NCc1cccc(C(F)(F)F)c1)C1CCN(c2ccc(Nc3ccncn3)nn2)CC1. The summed E-state index contributed by atoms with van der Waals surface area (Å²) < 4.78 is 38.5. The van der Waals surface area contributed by atoms with Gasteiger partial charge in [0.05, 0.1) is 5.56 Å². The molecule has 2 N–H and O–H groups in total. The summed E-state index contributed by atoms with van der Waals surface area (Å²) in [6.07, 6.45) is -0.102. The zero-order valence-electron chi connectivity index (χ0n) is 17.6. The van der Waals surface area contributed by atoms with Crippen LogP contribution in [0, 0.1) is 5.92 Å². The van der Waals surface area contributed by atoms with Gasteiger partial charge in [-0.1, -0.05) is 12.1 Å². The average molecular weight is 457 g/mol. The number of amides is 1. The van der Waals surface area contributed by atoms with Gasteiger partial charge < -0.3 is 15.5 Å². The van der Waals surface area contributed by atoms with E-state index in [-0.39, 0.29) is 18.4 Å². The third kappa shape index (κ3) is 5.93. The molecule has 1 aromatic carbocycles. The van der Waals surface area contributed by atoms with Crippen LogP contribution < -0.4 is 15.5 Å². The summed E-state index contributed by atoms with van der Waals surface area (Å²) in [4.78, 5) is 22.5. The van der Waals surface area contributed by atoms with E-state index in [1.807, 2.05) is 6.07 Å². The second-order valence-electron chi connectivity index (χ2n) is 7.67. The quantitative estimate of drug-likeness (QED) is 0.584. The number of nitrogens with one attached hydrogen (secondary N) is 2. The number of hydrogen-bond acceptors (Lipinski definition) is 7. The Balaban J connectivity index is 1.26. The number of rotatable bonds is 6. The molecule has 3 heterocycles. The van der Waals surface area contributed by atoms with Crippen molar-refractivity contribution in [3.8, 4) is 0 Å². The summed E-state index contributed by atoms with van der Waals surface area (Å²) in [6.45, 7) is 1.33. The van der Waals surface area contributed by atoms with Gasteiger partial charge in [0.2, 0.25) is 5.91 Å². The summed E-state index contributed by atoms with van der Waals surface area (Å²) in [7, 11) is 0. The van der Waals surface area contributed by atoms with Crippen LogP contribution in [0.4, 0.5) is 30.6 Å². The maximum Gasteiger partial charge on any atom is 0.416 e. The molecule has 4 rings (SSSR count). The summed E-state index contributed by atoms with van der Waals surface area (Å²) >= 11 is 0. The molecule has 0 bridgehead atoms. The summed E-state index contributed by atoms with van der Waals surface area (Å²) in [6, 6.07) is 10.4. The largest absolute Gasteiger partial charge is 0.416 e. The summed E-state index contributed by atoms with van der Waals surface area (Å²) in [5.41, 5.74) is -0.302. The van der Waals surface area contributed by atoms with Crippen LogP contribution in [-0.4, -0.2) is 39.2 Å². The minimum Gasteiger partial charge on any atom is -0.355 e. The van der Waals surface area contributed by atoms with Gasteiger partial charge in [-0.15, -0.1) is 10.2 Å². The standard InChI is InChI=1S/C22H22F3N7O/c23-22(24,25)17-3-1-2-15(12-17)13-27-21(33)16-7-10-32(11-8-16)20-5-4-19(30-31-20)29-18-6-9-26-14-28-18/h1-6,9,12,14,16H,7-8,10-11,13H2,(H,27,33)(H,26,28,29,30). The van der Waals surface area contributed by atoms with Crippen molar-refractivity contribution in [2.45, 2.75) is 25.6 Å². The van der Waals surface area contributed by atoms with E-state index in [1.54, 1.807) is 24.4 Å². The van der Waals surface area contributed by atoms with Crippen molar-refractivity contribution in [2.75, 3.05) is 23.3 Å². The van der Waals surface area contributed by atoms with E-state index in [2.05, 4.69) is 35.7 Å². The van der Waals surface area contributed by atoms with E-state index in [4.69, 9.17) is 0 Å². The molecular weight excluding hydrogens is 435 g/mol. The van der Waals surface area contributed by atoms with Crippen LogP contribution in [0.5, 0.6) is 0 Å². The smallest absolute Gasteiger partial charge is 0.355 e. The zero-order chi connectivity index (χ0) is 23.3. The Morgan fingerprint density at radius 1 is 1.06 bits per heavy atom. The predicted molar refractivity (Wildman–Crippen MR) is 116 cm³/mol. The van der Waals surface area contributed by atoms with E-state index >= 15 is 0 Å². The Morgan fingerprint density at radius 3 is 2.55 bits per heavy atom. The van der Waals surface area contributed by atoms with Crippen LogP contribution in [0.1, 0.15) is 24.0 Å². The third-order valence-corrected chi connectivity index (χ3v) is 5.40. The molecule has 0 unspecified atom stereocenters. The summed E-state index contributed by atoms with van der Waals surface area (Å²) in [5.74, 6) is 1.54. The molecule has 0 aliphatic carbocycles. The van der Waals surface area contributed by atoms with Crippen LogP contribution in [-0.2, 0) is 17.5 Å². The lowest BCUT2D eigenvalue weighted by Gasteiger charge is -2.31. The second-order valence-corrected chi connectivity index (χ2v) is 7.67. The van der Waals surface area contributed by atoms with Crippen LogP contribution in [0.15, 0.2) is 55.0 Å². The Morgan fingerprint density at radius 2 is 1.88 bits per heavy atom. The fraction of sp³-hybridized carbons (Fsp3) is 0.318. The lowest BCUT2D eigenvalue weighted by atomic mass is 9.96. The summed E-state index contributed by atoms with van der Waals surface area (Å²) in [5, 5.41) is 14.2. The van der Waals surface area contributed by atoms with E-state index in [0.717, 1.165) is 12.1 Å². The fourth-order valence-corrected chi connectivity index (χ4v) is 3.62. The molecule has 3 aromatic rings. The molecule has 1 aliphatic heterocycles. The number of piperidine rings is 1. The van der Waals surface area contributed by atoms with Crippen LogP contribution in [0.2, 0.25) is 0 Å². The molecule has 0 atom stereocenters. The number of carbonyl (C=O) groups is 1. The highest BCUT2D eigenvalue weighted by atomic mass is 19.4. The van der Waals surface area contributed by atoms with Gasteiger partial charge in [-0.25, -0.2) is 9.97 Å². The van der Waals surface area contributed by atoms with Gasteiger partial charge in [-0.2, -0.15) is 13.2 Å². The average Bonchev–Trinajstić information content (AvgIpc) is 2.83. The normalized spacial score (nSPS) is 14.7. The van der Waals surface area contributed by atoms with Crippen molar-refractivity contribution < 1.29 is 18.0 Å². The predicted octanol–water partition coefficient (Wildman–Crippen LogP) is 3.56. The molecule has 1 amide bonds. The lowest BCUT2D eigenvalue weighted by Crippen LogP contribution is -2.40. The molecular formula is C22H22F3N7O. The minimum atomic E-state index is -4.40. The molecule has 33 heavy (non-hydrogen) atoms. The van der Waals surface area contributed by atoms with Gasteiger partial charge in [0.15, 0.2) is 11.6 Å². The topological polar surface area (TPSA) is 95.9 Å². The number of carbonyl (C=O) groups excluding carboxylic acids is 1. The number of anilines is 3. The number of nitrogens with zero attached hydrogens (tertiary/aromatic N) is 5. The molecule has 8 nitrogen and oxygen atoms in total. The van der Waals surface area contributed by atoms with Crippen LogP contribution >= 0.6 is 0 Å². The highest BCUT2D eigenvalue weighted by Gasteiger charge is 2.30. The lowest BCUT2D eigenvalue weighted by molar-refractivity contribution is -0.137. The highest BCUT2D eigenvalue weighted by molar-refractivity contribution is 5.79. The van der Waals surface area contributed by atoms with Crippen molar-refractivity contribution in [2.24, 2.45) is 5.92 Å². The Labute approximate surface area is 188 Å². The molecule has 2 aromatic heterocycles. The molecule has 0 spiro atoms.